The van der Waals surface area contributed by atoms with Gasteiger partial charge in [0.15, 0.2) is 0 Å². The summed E-state index contributed by atoms with van der Waals surface area (Å²) in [5, 5.41) is 8.46. The number of fused-ring (bicyclic) bond motifs is 2. The number of nitrogens with one attached hydrogen (secondary N) is 2. The van der Waals surface area contributed by atoms with Gasteiger partial charge in [0.25, 0.3) is 0 Å². The van der Waals surface area contributed by atoms with Gasteiger partial charge in [-0.15, -0.1) is 0 Å². The molecule has 1 saturated carbocycles. The molecule has 0 radical (unpaired) electrons. The first kappa shape index (κ1) is 15.0. The zero-order valence-corrected chi connectivity index (χ0v) is 14.5. The summed E-state index contributed by atoms with van der Waals surface area (Å²) in [5.74, 6) is 2.61. The Morgan fingerprint density at radius 3 is 2.74 bits per heavy atom. The van der Waals surface area contributed by atoms with Crippen molar-refractivity contribution in [1.29, 1.82) is 0 Å². The van der Waals surface area contributed by atoms with Crippen molar-refractivity contribution in [3.8, 4) is 0 Å². The molecule has 1 saturated heterocycles. The van der Waals surface area contributed by atoms with Crippen LogP contribution in [0.1, 0.15) is 30.8 Å². The number of hydrogen-bond acceptors (Lipinski definition) is 4. The van der Waals surface area contributed by atoms with Crippen molar-refractivity contribution in [2.75, 3.05) is 19.6 Å². The van der Waals surface area contributed by atoms with Crippen molar-refractivity contribution >= 4 is 10.9 Å². The Bertz CT molecular complexity index is 742. The normalized spacial score (nSPS) is 26.5. The first-order chi connectivity index (χ1) is 11.0. The Kier molecular flexibility index (Phi) is 3.43. The highest BCUT2D eigenvalue weighted by Crippen LogP contribution is 2.48. The third-order valence-corrected chi connectivity index (χ3v) is 5.71. The van der Waals surface area contributed by atoms with Crippen molar-refractivity contribution < 1.29 is 0 Å². The van der Waals surface area contributed by atoms with E-state index in [1.54, 1.807) is 0 Å². The van der Waals surface area contributed by atoms with E-state index in [1.807, 2.05) is 6.20 Å². The molecule has 2 aromatic rings. The standard InChI is InChI=1S/C19H26N4/c1-11-5-6-21-17-13(11)7-12(2)23-18(17)19(3,4)22-10-16-14-8-20-9-15(14)16/h5-7,14-16,20,22H,8-10H2,1-4H3/t14-,15+,16+. The molecular weight excluding hydrogens is 284 g/mol. The summed E-state index contributed by atoms with van der Waals surface area (Å²) < 4.78 is 0. The smallest absolute Gasteiger partial charge is 0.0939 e. The van der Waals surface area contributed by atoms with E-state index < -0.39 is 0 Å². The van der Waals surface area contributed by atoms with Gasteiger partial charge in [-0.25, -0.2) is 0 Å². The van der Waals surface area contributed by atoms with Crippen LogP contribution in [0.4, 0.5) is 0 Å². The number of aromatic nitrogens is 2. The van der Waals surface area contributed by atoms with E-state index in [0.29, 0.717) is 0 Å². The maximum absolute atomic E-state index is 4.85. The summed E-state index contributed by atoms with van der Waals surface area (Å²) in [6.45, 7) is 12.2. The lowest BCUT2D eigenvalue weighted by Gasteiger charge is -2.28. The molecule has 0 spiro atoms. The second kappa shape index (κ2) is 5.25. The molecule has 0 bridgehead atoms. The number of rotatable bonds is 4. The largest absolute Gasteiger partial charge is 0.316 e. The molecule has 122 valence electrons. The summed E-state index contributed by atoms with van der Waals surface area (Å²) in [7, 11) is 0. The van der Waals surface area contributed by atoms with E-state index in [-0.39, 0.29) is 5.54 Å². The number of nitrogens with zero attached hydrogens (tertiary/aromatic N) is 2. The molecule has 4 heteroatoms. The minimum Gasteiger partial charge on any atom is -0.316 e. The average Bonchev–Trinajstić information content (AvgIpc) is 2.94. The van der Waals surface area contributed by atoms with Gasteiger partial charge in [0.05, 0.1) is 16.7 Å². The summed E-state index contributed by atoms with van der Waals surface area (Å²) in [6.07, 6.45) is 1.89. The van der Waals surface area contributed by atoms with E-state index >= 15 is 0 Å². The van der Waals surface area contributed by atoms with E-state index in [2.05, 4.69) is 55.4 Å². The number of hydrogen-bond donors (Lipinski definition) is 2. The number of piperidine rings is 1. The molecule has 2 aliphatic rings. The van der Waals surface area contributed by atoms with Crippen molar-refractivity contribution in [1.82, 2.24) is 20.6 Å². The maximum Gasteiger partial charge on any atom is 0.0939 e. The van der Waals surface area contributed by atoms with Crippen LogP contribution in [0.2, 0.25) is 0 Å². The predicted octanol–water partition coefficient (Wildman–Crippen LogP) is 2.54. The van der Waals surface area contributed by atoms with Gasteiger partial charge in [-0.3, -0.25) is 9.97 Å². The van der Waals surface area contributed by atoms with Crippen LogP contribution in [-0.4, -0.2) is 29.6 Å². The highest BCUT2D eigenvalue weighted by Gasteiger charge is 2.52. The highest BCUT2D eigenvalue weighted by molar-refractivity contribution is 5.84. The number of aryl methyl sites for hydroxylation is 2. The van der Waals surface area contributed by atoms with Crippen LogP contribution in [0.25, 0.3) is 10.9 Å². The van der Waals surface area contributed by atoms with E-state index in [1.165, 1.54) is 24.0 Å². The van der Waals surface area contributed by atoms with E-state index in [0.717, 1.165) is 41.2 Å². The zero-order chi connectivity index (χ0) is 16.2. The molecule has 3 atom stereocenters. The van der Waals surface area contributed by atoms with Gasteiger partial charge in [0.2, 0.25) is 0 Å². The molecule has 2 fully saturated rings. The lowest BCUT2D eigenvalue weighted by molar-refractivity contribution is 0.372. The summed E-state index contributed by atoms with van der Waals surface area (Å²) in [5.41, 5.74) is 4.26. The highest BCUT2D eigenvalue weighted by atomic mass is 15.0. The molecule has 0 aromatic carbocycles. The SMILES string of the molecule is Cc1cc2c(C)ccnc2c(C(C)(C)NC[C@H]2[C@@H]3CNC[C@@H]32)n1. The van der Waals surface area contributed by atoms with Crippen molar-refractivity contribution in [2.24, 2.45) is 17.8 Å². The first-order valence-electron chi connectivity index (χ1n) is 8.66. The van der Waals surface area contributed by atoms with Gasteiger partial charge in [0, 0.05) is 17.3 Å². The van der Waals surface area contributed by atoms with Crippen LogP contribution in [0.15, 0.2) is 18.3 Å². The van der Waals surface area contributed by atoms with Crippen molar-refractivity contribution in [3.63, 3.8) is 0 Å². The van der Waals surface area contributed by atoms with Crippen molar-refractivity contribution in [3.05, 3.63) is 35.3 Å². The van der Waals surface area contributed by atoms with Crippen LogP contribution in [0.3, 0.4) is 0 Å². The lowest BCUT2D eigenvalue weighted by atomic mass is 9.95. The fraction of sp³-hybridized carbons (Fsp3) is 0.579. The lowest BCUT2D eigenvalue weighted by Crippen LogP contribution is -2.40. The second-order valence-corrected chi connectivity index (χ2v) is 7.79. The summed E-state index contributed by atoms with van der Waals surface area (Å²) in [4.78, 5) is 9.48. The van der Waals surface area contributed by atoms with E-state index in [9.17, 15) is 0 Å². The third-order valence-electron chi connectivity index (χ3n) is 5.71. The van der Waals surface area contributed by atoms with E-state index in [4.69, 9.17) is 4.98 Å². The summed E-state index contributed by atoms with van der Waals surface area (Å²) >= 11 is 0. The molecule has 4 rings (SSSR count). The minimum atomic E-state index is -0.171. The zero-order valence-electron chi connectivity index (χ0n) is 14.5. The van der Waals surface area contributed by atoms with Gasteiger partial charge in [-0.2, -0.15) is 0 Å². The number of pyridine rings is 2. The van der Waals surface area contributed by atoms with Gasteiger partial charge < -0.3 is 10.6 Å². The molecule has 3 heterocycles. The van der Waals surface area contributed by atoms with Gasteiger partial charge in [-0.05, 0) is 82.8 Å². The molecule has 0 amide bonds. The molecule has 0 unspecified atom stereocenters. The van der Waals surface area contributed by atoms with Crippen LogP contribution >= 0.6 is 0 Å². The molecule has 2 N–H and O–H groups in total. The monoisotopic (exact) mass is 310 g/mol. The Labute approximate surface area is 138 Å². The fourth-order valence-corrected chi connectivity index (χ4v) is 4.15. The van der Waals surface area contributed by atoms with Gasteiger partial charge in [-0.1, -0.05) is 0 Å². The van der Waals surface area contributed by atoms with Crippen LogP contribution in [0, 0.1) is 31.6 Å². The Hall–Kier alpha value is -1.52. The second-order valence-electron chi connectivity index (χ2n) is 7.79. The Balaban J connectivity index is 1.62. The Morgan fingerprint density at radius 1 is 1.26 bits per heavy atom. The van der Waals surface area contributed by atoms with Crippen LogP contribution in [0.5, 0.6) is 0 Å². The summed E-state index contributed by atoms with van der Waals surface area (Å²) in [6, 6.07) is 4.22. The molecule has 2 aromatic heterocycles. The van der Waals surface area contributed by atoms with Crippen molar-refractivity contribution in [2.45, 2.75) is 33.2 Å². The topological polar surface area (TPSA) is 49.8 Å². The van der Waals surface area contributed by atoms with Gasteiger partial charge >= 0.3 is 0 Å². The minimum absolute atomic E-state index is 0.171. The van der Waals surface area contributed by atoms with Gasteiger partial charge in [0.1, 0.15) is 0 Å². The average molecular weight is 310 g/mol. The fourth-order valence-electron chi connectivity index (χ4n) is 4.15. The van der Waals surface area contributed by atoms with Crippen LogP contribution < -0.4 is 10.6 Å². The third kappa shape index (κ3) is 2.54. The van der Waals surface area contributed by atoms with Crippen LogP contribution in [-0.2, 0) is 5.54 Å². The first-order valence-corrected chi connectivity index (χ1v) is 8.66. The molecular formula is C19H26N4. The quantitative estimate of drug-likeness (QED) is 0.911. The predicted molar refractivity (Wildman–Crippen MR) is 93.4 cm³/mol. The molecule has 4 nitrogen and oxygen atoms in total. The molecule has 23 heavy (non-hydrogen) atoms. The molecule has 1 aliphatic carbocycles. The molecule has 1 aliphatic heterocycles. The Morgan fingerprint density at radius 2 is 2.00 bits per heavy atom. The maximum atomic E-state index is 4.85.